The molecule has 3 aliphatic rings. The Bertz CT molecular complexity index is 990. The number of methoxy groups -OCH3 is 1. The van der Waals surface area contributed by atoms with Crippen LogP contribution in [-0.2, 0) is 14.9 Å². The summed E-state index contributed by atoms with van der Waals surface area (Å²) in [6.07, 6.45) is 6.63. The molecule has 1 saturated carbocycles. The number of carbonyl (C=O) groups is 1. The van der Waals surface area contributed by atoms with E-state index in [0.717, 1.165) is 68.5 Å². The Morgan fingerprint density at radius 2 is 2.13 bits per heavy atom. The lowest BCUT2D eigenvalue weighted by Crippen LogP contribution is -2.40. The summed E-state index contributed by atoms with van der Waals surface area (Å²) in [5.41, 5.74) is 3.46. The van der Waals surface area contributed by atoms with Crippen LogP contribution in [0.3, 0.4) is 0 Å². The lowest BCUT2D eigenvalue weighted by molar-refractivity contribution is -0.114. The van der Waals surface area contributed by atoms with Crippen LogP contribution in [0.4, 0.5) is 23.3 Å². The van der Waals surface area contributed by atoms with Crippen molar-refractivity contribution in [2.45, 2.75) is 51.0 Å². The Morgan fingerprint density at radius 1 is 1.30 bits per heavy atom. The van der Waals surface area contributed by atoms with Gasteiger partial charge in [-0.15, -0.1) is 0 Å². The normalized spacial score (nSPS) is 21.6. The zero-order valence-corrected chi connectivity index (χ0v) is 17.8. The molecule has 1 aliphatic carbocycles. The number of nitrogens with one attached hydrogen (secondary N) is 1. The highest BCUT2D eigenvalue weighted by atomic mass is 16.5. The minimum atomic E-state index is -0.119. The molecule has 0 bridgehead atoms. The molecule has 1 unspecified atom stereocenters. The number of hydrogen-bond acceptors (Lipinski definition) is 7. The Hall–Kier alpha value is -2.74. The van der Waals surface area contributed by atoms with Crippen LogP contribution >= 0.6 is 0 Å². The first-order chi connectivity index (χ1) is 14.5. The number of hydrogen-bond donors (Lipinski definition) is 1. The standard InChI is InChI=1S/C22H28N6O2/c1-14-9-20(26-21(24-14)27-8-4-5-16(12-27)30-3)28-13-22(6-7-22)17-11-23-19(10-18(17)28)25-15(2)29/h9-11,16H,4-8,12-13H2,1-3H3,(H,23,25,29). The molecule has 1 amide bonds. The van der Waals surface area contributed by atoms with Gasteiger partial charge in [0.25, 0.3) is 0 Å². The van der Waals surface area contributed by atoms with Crippen molar-refractivity contribution in [2.75, 3.05) is 41.9 Å². The molecule has 8 nitrogen and oxygen atoms in total. The van der Waals surface area contributed by atoms with E-state index in [9.17, 15) is 4.79 Å². The summed E-state index contributed by atoms with van der Waals surface area (Å²) in [6.45, 7) is 6.17. The molecule has 1 atom stereocenters. The van der Waals surface area contributed by atoms with Gasteiger partial charge in [-0.25, -0.2) is 9.97 Å². The van der Waals surface area contributed by atoms with Gasteiger partial charge < -0.3 is 19.9 Å². The third-order valence-corrected chi connectivity index (χ3v) is 6.46. The molecule has 2 aromatic heterocycles. The first kappa shape index (κ1) is 19.2. The predicted octanol–water partition coefficient (Wildman–Crippen LogP) is 2.94. The van der Waals surface area contributed by atoms with Crippen LogP contribution in [0, 0.1) is 6.92 Å². The van der Waals surface area contributed by atoms with Gasteiger partial charge in [0.1, 0.15) is 11.6 Å². The number of amides is 1. The zero-order chi connectivity index (χ0) is 20.9. The van der Waals surface area contributed by atoms with Crippen LogP contribution in [0.1, 0.15) is 43.9 Å². The lowest BCUT2D eigenvalue weighted by Gasteiger charge is -2.32. The maximum atomic E-state index is 11.5. The Kier molecular flexibility index (Phi) is 4.61. The van der Waals surface area contributed by atoms with Crippen LogP contribution in [0.15, 0.2) is 18.3 Å². The highest BCUT2D eigenvalue weighted by molar-refractivity contribution is 5.89. The third-order valence-electron chi connectivity index (χ3n) is 6.46. The second-order valence-electron chi connectivity index (χ2n) is 8.75. The largest absolute Gasteiger partial charge is 0.380 e. The summed E-state index contributed by atoms with van der Waals surface area (Å²) in [7, 11) is 1.77. The summed E-state index contributed by atoms with van der Waals surface area (Å²) in [4.78, 5) is 30.2. The summed E-state index contributed by atoms with van der Waals surface area (Å²) in [6, 6.07) is 4.02. The Labute approximate surface area is 176 Å². The number of nitrogens with zero attached hydrogens (tertiary/aromatic N) is 5. The minimum absolute atomic E-state index is 0.119. The number of fused-ring (bicyclic) bond motifs is 2. The molecule has 2 fully saturated rings. The molecule has 1 N–H and O–H groups in total. The highest BCUT2D eigenvalue weighted by Crippen LogP contribution is 2.58. The van der Waals surface area contributed by atoms with Gasteiger partial charge in [0.2, 0.25) is 11.9 Å². The number of ether oxygens (including phenoxy) is 1. The highest BCUT2D eigenvalue weighted by Gasteiger charge is 2.52. The van der Waals surface area contributed by atoms with Gasteiger partial charge in [-0.2, -0.15) is 4.98 Å². The van der Waals surface area contributed by atoms with Gasteiger partial charge in [-0.1, -0.05) is 0 Å². The van der Waals surface area contributed by atoms with Crippen molar-refractivity contribution in [3.8, 4) is 0 Å². The quantitative estimate of drug-likeness (QED) is 0.833. The van der Waals surface area contributed by atoms with Gasteiger partial charge >= 0.3 is 0 Å². The van der Waals surface area contributed by atoms with Crippen molar-refractivity contribution in [3.63, 3.8) is 0 Å². The summed E-state index contributed by atoms with van der Waals surface area (Å²) < 4.78 is 5.58. The molecule has 0 aromatic carbocycles. The first-order valence-electron chi connectivity index (χ1n) is 10.7. The smallest absolute Gasteiger partial charge is 0.227 e. The fourth-order valence-corrected chi connectivity index (χ4v) is 4.71. The van der Waals surface area contributed by atoms with Crippen LogP contribution in [0.25, 0.3) is 0 Å². The second-order valence-corrected chi connectivity index (χ2v) is 8.75. The fraction of sp³-hybridized carbons (Fsp3) is 0.545. The van der Waals surface area contributed by atoms with E-state index in [1.54, 1.807) is 7.11 Å². The van der Waals surface area contributed by atoms with E-state index < -0.39 is 0 Å². The number of piperidine rings is 1. The second kappa shape index (κ2) is 7.19. The average Bonchev–Trinajstić information content (AvgIpc) is 3.44. The number of carbonyl (C=O) groups excluding carboxylic acids is 1. The monoisotopic (exact) mass is 408 g/mol. The maximum absolute atomic E-state index is 11.5. The van der Waals surface area contributed by atoms with E-state index in [1.165, 1.54) is 12.5 Å². The third kappa shape index (κ3) is 3.39. The van der Waals surface area contributed by atoms with Crippen molar-refractivity contribution >= 4 is 29.2 Å². The van der Waals surface area contributed by atoms with Crippen LogP contribution in [-0.4, -0.2) is 53.7 Å². The van der Waals surface area contributed by atoms with Gasteiger partial charge in [-0.3, -0.25) is 4.79 Å². The van der Waals surface area contributed by atoms with Gasteiger partial charge in [0, 0.05) is 68.7 Å². The topological polar surface area (TPSA) is 83.5 Å². The average molecular weight is 409 g/mol. The van der Waals surface area contributed by atoms with Gasteiger partial charge in [0.15, 0.2) is 0 Å². The zero-order valence-electron chi connectivity index (χ0n) is 17.8. The van der Waals surface area contributed by atoms with Crippen LogP contribution in [0.5, 0.6) is 0 Å². The molecule has 30 heavy (non-hydrogen) atoms. The van der Waals surface area contributed by atoms with Crippen molar-refractivity contribution in [3.05, 3.63) is 29.6 Å². The van der Waals surface area contributed by atoms with E-state index in [4.69, 9.17) is 14.7 Å². The number of aromatic nitrogens is 3. The van der Waals surface area contributed by atoms with E-state index in [0.29, 0.717) is 5.82 Å². The summed E-state index contributed by atoms with van der Waals surface area (Å²) >= 11 is 0. The SMILES string of the molecule is COC1CCCN(c2nc(C)cc(N3CC4(CC4)c4cnc(NC(C)=O)cc43)n2)C1. The van der Waals surface area contributed by atoms with Crippen LogP contribution in [0.2, 0.25) is 0 Å². The molecule has 5 rings (SSSR count). The molecular weight excluding hydrogens is 380 g/mol. The molecule has 1 spiro atoms. The number of aryl methyl sites for hydroxylation is 1. The van der Waals surface area contributed by atoms with E-state index in [2.05, 4.69) is 20.1 Å². The van der Waals surface area contributed by atoms with E-state index in [-0.39, 0.29) is 17.4 Å². The van der Waals surface area contributed by atoms with Gasteiger partial charge in [0.05, 0.1) is 11.8 Å². The Balaban J connectivity index is 1.51. The Morgan fingerprint density at radius 3 is 2.87 bits per heavy atom. The number of pyridine rings is 1. The maximum Gasteiger partial charge on any atom is 0.227 e. The first-order valence-corrected chi connectivity index (χ1v) is 10.7. The molecule has 2 aromatic rings. The van der Waals surface area contributed by atoms with E-state index >= 15 is 0 Å². The molecule has 4 heterocycles. The van der Waals surface area contributed by atoms with Crippen molar-refractivity contribution < 1.29 is 9.53 Å². The number of rotatable bonds is 4. The van der Waals surface area contributed by atoms with Crippen molar-refractivity contribution in [1.82, 2.24) is 15.0 Å². The van der Waals surface area contributed by atoms with E-state index in [1.807, 2.05) is 25.3 Å². The fourth-order valence-electron chi connectivity index (χ4n) is 4.71. The molecule has 0 radical (unpaired) electrons. The lowest BCUT2D eigenvalue weighted by atomic mass is 10.0. The number of anilines is 4. The molecular formula is C22H28N6O2. The molecule has 2 aliphatic heterocycles. The summed E-state index contributed by atoms with van der Waals surface area (Å²) in [5, 5.41) is 2.81. The molecule has 158 valence electrons. The predicted molar refractivity (Wildman–Crippen MR) is 115 cm³/mol. The van der Waals surface area contributed by atoms with Crippen LogP contribution < -0.4 is 15.1 Å². The van der Waals surface area contributed by atoms with Crippen molar-refractivity contribution in [2.24, 2.45) is 0 Å². The van der Waals surface area contributed by atoms with Gasteiger partial charge in [-0.05, 0) is 32.6 Å². The molecule has 1 saturated heterocycles. The van der Waals surface area contributed by atoms with Crippen molar-refractivity contribution in [1.29, 1.82) is 0 Å². The summed E-state index contributed by atoms with van der Waals surface area (Å²) in [5.74, 6) is 2.13. The minimum Gasteiger partial charge on any atom is -0.380 e. The molecule has 8 heteroatoms.